The zero-order valence-electron chi connectivity index (χ0n) is 12.7. The van der Waals surface area contributed by atoms with Crippen LogP contribution in [0.3, 0.4) is 0 Å². The number of para-hydroxylation sites is 1. The van der Waals surface area contributed by atoms with Crippen LogP contribution in [0.15, 0.2) is 54.6 Å². The topological polar surface area (TPSA) is 41.6 Å². The third kappa shape index (κ3) is 5.23. The molecule has 0 saturated heterocycles. The van der Waals surface area contributed by atoms with Crippen LogP contribution in [0.5, 0.6) is 5.75 Å². The molecule has 23 heavy (non-hydrogen) atoms. The Morgan fingerprint density at radius 3 is 2.43 bits per heavy atom. The molecule has 0 radical (unpaired) electrons. The second-order valence-corrected chi connectivity index (χ2v) is 5.50. The first-order valence-corrected chi connectivity index (χ1v) is 7.93. The summed E-state index contributed by atoms with van der Waals surface area (Å²) in [5.41, 5.74) is 0.930. The lowest BCUT2D eigenvalue weighted by Crippen LogP contribution is -2.44. The number of benzene rings is 2. The fraction of sp³-hybridized carbons (Fsp3) is 0.176. The summed E-state index contributed by atoms with van der Waals surface area (Å²) in [6, 6.07) is 16.5. The van der Waals surface area contributed by atoms with Crippen LogP contribution in [0, 0.1) is 0 Å². The molecular weight excluding hydrogens is 332 g/mol. The van der Waals surface area contributed by atoms with Crippen molar-refractivity contribution in [1.29, 1.82) is 0 Å². The summed E-state index contributed by atoms with van der Waals surface area (Å²) in [5.74, 6) is 0.269. The molecule has 0 saturated carbocycles. The minimum Gasteiger partial charge on any atom is -0.484 e. The van der Waals surface area contributed by atoms with Gasteiger partial charge in [0.1, 0.15) is 5.75 Å². The lowest BCUT2D eigenvalue weighted by Gasteiger charge is -2.23. The Kier molecular flexibility index (Phi) is 6.38. The van der Waals surface area contributed by atoms with Gasteiger partial charge in [0.15, 0.2) is 11.7 Å². The van der Waals surface area contributed by atoms with Crippen molar-refractivity contribution in [3.8, 4) is 5.75 Å². The number of nitrogens with one attached hydrogen (secondary N) is 1. The highest BCUT2D eigenvalue weighted by Gasteiger charge is 2.13. The van der Waals surface area contributed by atoms with E-state index in [-0.39, 0.29) is 12.5 Å². The molecule has 0 aliphatic heterocycles. The van der Waals surface area contributed by atoms with Crippen LogP contribution >= 0.6 is 23.8 Å². The van der Waals surface area contributed by atoms with Gasteiger partial charge < -0.3 is 9.64 Å². The molecule has 120 valence electrons. The Labute approximate surface area is 146 Å². The Morgan fingerprint density at radius 1 is 1.17 bits per heavy atom. The molecule has 2 aromatic rings. The number of ether oxygens (including phenoxy) is 1. The second-order valence-electron chi connectivity index (χ2n) is 4.68. The van der Waals surface area contributed by atoms with E-state index in [1.165, 1.54) is 0 Å². The maximum absolute atomic E-state index is 12.0. The molecule has 1 amide bonds. The molecule has 2 rings (SSSR count). The van der Waals surface area contributed by atoms with Gasteiger partial charge >= 0.3 is 0 Å². The van der Waals surface area contributed by atoms with Crippen LogP contribution in [-0.4, -0.2) is 24.2 Å². The van der Waals surface area contributed by atoms with Crippen molar-refractivity contribution in [2.24, 2.45) is 0 Å². The number of thiocarbonyl (C=S) groups is 1. The van der Waals surface area contributed by atoms with E-state index >= 15 is 0 Å². The van der Waals surface area contributed by atoms with Gasteiger partial charge in [-0.25, -0.2) is 0 Å². The number of nitrogens with zero attached hydrogens (tertiary/aromatic N) is 1. The molecule has 2 aromatic carbocycles. The van der Waals surface area contributed by atoms with Crippen LogP contribution in [0.2, 0.25) is 5.02 Å². The van der Waals surface area contributed by atoms with Crippen LogP contribution in [0.25, 0.3) is 0 Å². The first-order chi connectivity index (χ1) is 11.1. The van der Waals surface area contributed by atoms with Crippen molar-refractivity contribution >= 4 is 40.5 Å². The standard InChI is InChI=1S/C17H17ClN2O2S/c1-2-20(14-6-4-3-5-7-14)17(23)19-16(21)12-22-15-10-8-13(18)9-11-15/h3-11H,2,12H2,1H3,(H,19,21,23). The number of amides is 1. The van der Waals surface area contributed by atoms with Crippen molar-refractivity contribution in [2.75, 3.05) is 18.1 Å². The Balaban J connectivity index is 1.88. The van der Waals surface area contributed by atoms with E-state index in [2.05, 4.69) is 5.32 Å². The van der Waals surface area contributed by atoms with Crippen LogP contribution in [0.4, 0.5) is 5.69 Å². The highest BCUT2D eigenvalue weighted by Crippen LogP contribution is 2.15. The molecule has 0 fully saturated rings. The number of halogens is 1. The summed E-state index contributed by atoms with van der Waals surface area (Å²) in [7, 11) is 0. The molecule has 0 bridgehead atoms. The summed E-state index contributed by atoms with van der Waals surface area (Å²) in [5, 5.41) is 3.64. The van der Waals surface area contributed by atoms with E-state index in [1.54, 1.807) is 24.3 Å². The van der Waals surface area contributed by atoms with Crippen molar-refractivity contribution in [2.45, 2.75) is 6.92 Å². The average Bonchev–Trinajstić information content (AvgIpc) is 2.56. The molecule has 6 heteroatoms. The van der Waals surface area contributed by atoms with Gasteiger partial charge in [-0.3, -0.25) is 10.1 Å². The lowest BCUT2D eigenvalue weighted by atomic mass is 10.3. The van der Waals surface area contributed by atoms with E-state index in [9.17, 15) is 4.79 Å². The summed E-state index contributed by atoms with van der Waals surface area (Å²) in [6.07, 6.45) is 0. The second kappa shape index (κ2) is 8.50. The Hall–Kier alpha value is -2.11. The smallest absolute Gasteiger partial charge is 0.264 e. The van der Waals surface area contributed by atoms with Crippen molar-refractivity contribution in [3.63, 3.8) is 0 Å². The monoisotopic (exact) mass is 348 g/mol. The number of anilines is 1. The zero-order valence-corrected chi connectivity index (χ0v) is 14.2. The van der Waals surface area contributed by atoms with Crippen LogP contribution in [-0.2, 0) is 4.79 Å². The van der Waals surface area contributed by atoms with Gasteiger partial charge in [-0.15, -0.1) is 0 Å². The third-order valence-corrected chi connectivity index (χ3v) is 3.63. The number of rotatable bonds is 5. The van der Waals surface area contributed by atoms with E-state index in [1.807, 2.05) is 42.2 Å². The SMILES string of the molecule is CCN(C(=S)NC(=O)COc1ccc(Cl)cc1)c1ccccc1. The van der Waals surface area contributed by atoms with Crippen molar-refractivity contribution in [3.05, 3.63) is 59.6 Å². The molecule has 1 N–H and O–H groups in total. The van der Waals surface area contributed by atoms with Crippen molar-refractivity contribution in [1.82, 2.24) is 5.32 Å². The number of hydrogen-bond acceptors (Lipinski definition) is 3. The summed E-state index contributed by atoms with van der Waals surface area (Å²) in [6.45, 7) is 2.50. The average molecular weight is 349 g/mol. The minimum atomic E-state index is -0.306. The highest BCUT2D eigenvalue weighted by molar-refractivity contribution is 7.80. The molecular formula is C17H17ClN2O2S. The van der Waals surface area contributed by atoms with Gasteiger partial charge in [-0.05, 0) is 55.5 Å². The summed E-state index contributed by atoms with van der Waals surface area (Å²) < 4.78 is 5.39. The van der Waals surface area contributed by atoms with Gasteiger partial charge in [0.25, 0.3) is 5.91 Å². The summed E-state index contributed by atoms with van der Waals surface area (Å²) in [4.78, 5) is 13.8. The first kappa shape index (κ1) is 17.2. The fourth-order valence-corrected chi connectivity index (χ4v) is 2.43. The predicted molar refractivity (Wildman–Crippen MR) is 97.1 cm³/mol. The first-order valence-electron chi connectivity index (χ1n) is 7.15. The van der Waals surface area contributed by atoms with Gasteiger partial charge in [0, 0.05) is 17.3 Å². The molecule has 0 unspecified atom stereocenters. The number of carbonyl (C=O) groups is 1. The van der Waals surface area contributed by atoms with E-state index in [0.29, 0.717) is 22.4 Å². The van der Waals surface area contributed by atoms with Crippen LogP contribution in [0.1, 0.15) is 6.92 Å². The maximum Gasteiger partial charge on any atom is 0.264 e. The van der Waals surface area contributed by atoms with E-state index in [0.717, 1.165) is 5.69 Å². The Bertz CT molecular complexity index is 662. The molecule has 0 atom stereocenters. The molecule has 0 heterocycles. The van der Waals surface area contributed by atoms with Gasteiger partial charge in [-0.2, -0.15) is 0 Å². The molecule has 0 aliphatic carbocycles. The predicted octanol–water partition coefficient (Wildman–Crippen LogP) is 3.65. The number of carbonyl (C=O) groups excluding carboxylic acids is 1. The Morgan fingerprint density at radius 2 is 1.83 bits per heavy atom. The molecule has 0 spiro atoms. The largest absolute Gasteiger partial charge is 0.484 e. The van der Waals surface area contributed by atoms with Gasteiger partial charge in [0.2, 0.25) is 0 Å². The van der Waals surface area contributed by atoms with E-state index < -0.39 is 0 Å². The lowest BCUT2D eigenvalue weighted by molar-refractivity contribution is -0.121. The zero-order chi connectivity index (χ0) is 16.7. The fourth-order valence-electron chi connectivity index (χ4n) is 1.95. The van der Waals surface area contributed by atoms with Gasteiger partial charge in [-0.1, -0.05) is 29.8 Å². The quantitative estimate of drug-likeness (QED) is 0.837. The molecule has 0 aliphatic rings. The highest BCUT2D eigenvalue weighted by atomic mass is 35.5. The van der Waals surface area contributed by atoms with E-state index in [4.69, 9.17) is 28.6 Å². The maximum atomic E-state index is 12.0. The van der Waals surface area contributed by atoms with Crippen molar-refractivity contribution < 1.29 is 9.53 Å². The molecule has 4 nitrogen and oxygen atoms in total. The normalized spacial score (nSPS) is 10.0. The number of hydrogen-bond donors (Lipinski definition) is 1. The molecule has 0 aromatic heterocycles. The third-order valence-electron chi connectivity index (χ3n) is 3.06. The minimum absolute atomic E-state index is 0.117. The van der Waals surface area contributed by atoms with Crippen LogP contribution < -0.4 is 15.0 Å². The summed E-state index contributed by atoms with van der Waals surface area (Å²) >= 11 is 11.1. The van der Waals surface area contributed by atoms with Gasteiger partial charge in [0.05, 0.1) is 0 Å².